The summed E-state index contributed by atoms with van der Waals surface area (Å²) in [6.45, 7) is 5.90. The summed E-state index contributed by atoms with van der Waals surface area (Å²) in [4.78, 5) is 10.5. The quantitative estimate of drug-likeness (QED) is 0.633. The maximum atomic E-state index is 10.9. The number of nitrogens with one attached hydrogen (secondary N) is 1. The van der Waals surface area contributed by atoms with Crippen molar-refractivity contribution >= 4 is 5.69 Å². The number of furan rings is 1. The van der Waals surface area contributed by atoms with Gasteiger partial charge in [0, 0.05) is 24.7 Å². The first-order chi connectivity index (χ1) is 10.3. The van der Waals surface area contributed by atoms with E-state index < -0.39 is 5.60 Å². The molecule has 1 unspecified atom stereocenters. The number of hydrogen-bond donors (Lipinski definition) is 2. The molecule has 0 aliphatic heterocycles. The fourth-order valence-electron chi connectivity index (χ4n) is 2.22. The molecule has 0 aliphatic carbocycles. The molecule has 0 aliphatic rings. The minimum Gasteiger partial charge on any atom is -0.463 e. The lowest BCUT2D eigenvalue weighted by atomic mass is 10.0. The van der Waals surface area contributed by atoms with Crippen molar-refractivity contribution < 1.29 is 14.4 Å². The summed E-state index contributed by atoms with van der Waals surface area (Å²) in [7, 11) is 0. The van der Waals surface area contributed by atoms with Crippen molar-refractivity contribution in [1.82, 2.24) is 5.32 Å². The minimum absolute atomic E-state index is 0.104. The zero-order chi connectivity index (χ0) is 16.3. The van der Waals surface area contributed by atoms with E-state index >= 15 is 0 Å². The van der Waals surface area contributed by atoms with Crippen LogP contribution in [0.5, 0.6) is 0 Å². The van der Waals surface area contributed by atoms with E-state index in [1.807, 2.05) is 13.0 Å². The van der Waals surface area contributed by atoms with Crippen molar-refractivity contribution in [2.24, 2.45) is 0 Å². The molecule has 118 valence electrons. The molecule has 0 radical (unpaired) electrons. The second-order valence-electron chi connectivity index (χ2n) is 5.67. The second-order valence-corrected chi connectivity index (χ2v) is 5.67. The van der Waals surface area contributed by atoms with Crippen LogP contribution >= 0.6 is 0 Å². The molecule has 1 aromatic heterocycles. The van der Waals surface area contributed by atoms with Crippen molar-refractivity contribution in [2.75, 3.05) is 6.54 Å². The molecule has 1 heterocycles. The van der Waals surface area contributed by atoms with Crippen molar-refractivity contribution in [3.8, 4) is 0 Å². The van der Waals surface area contributed by atoms with Crippen molar-refractivity contribution in [1.29, 1.82) is 0 Å². The van der Waals surface area contributed by atoms with Crippen LogP contribution in [-0.2, 0) is 12.1 Å². The lowest BCUT2D eigenvalue weighted by Gasteiger charge is -2.21. The van der Waals surface area contributed by atoms with Crippen LogP contribution < -0.4 is 5.32 Å². The first-order valence-electron chi connectivity index (χ1n) is 7.03. The summed E-state index contributed by atoms with van der Waals surface area (Å²) in [5.41, 5.74) is 0.397. The summed E-state index contributed by atoms with van der Waals surface area (Å²) in [6.07, 6.45) is 0. The SMILES string of the molecule is Cc1ccc(C(C)(O)CNCc2ccc(C)c([N+](=O)[O-])c2)o1. The summed E-state index contributed by atoms with van der Waals surface area (Å²) < 4.78 is 5.44. The van der Waals surface area contributed by atoms with Crippen LogP contribution in [0.1, 0.15) is 29.6 Å². The average Bonchev–Trinajstić information content (AvgIpc) is 2.88. The fourth-order valence-corrected chi connectivity index (χ4v) is 2.22. The van der Waals surface area contributed by atoms with Crippen LogP contribution in [0.4, 0.5) is 5.69 Å². The molecule has 0 saturated carbocycles. The Morgan fingerprint density at radius 3 is 2.64 bits per heavy atom. The highest BCUT2D eigenvalue weighted by atomic mass is 16.6. The van der Waals surface area contributed by atoms with Crippen LogP contribution in [0.3, 0.4) is 0 Å². The molecule has 2 rings (SSSR count). The third-order valence-corrected chi connectivity index (χ3v) is 3.54. The van der Waals surface area contributed by atoms with Gasteiger partial charge in [0.1, 0.15) is 17.1 Å². The molecule has 22 heavy (non-hydrogen) atoms. The molecule has 2 N–H and O–H groups in total. The first-order valence-corrected chi connectivity index (χ1v) is 7.03. The standard InChI is InChI=1S/C16H20N2O4/c1-11-4-6-13(8-14(11)18(20)21)9-17-10-16(3,19)15-7-5-12(2)22-15/h4-8,17,19H,9-10H2,1-3H3. The fraction of sp³-hybridized carbons (Fsp3) is 0.375. The van der Waals surface area contributed by atoms with Gasteiger partial charge >= 0.3 is 0 Å². The number of rotatable bonds is 6. The Kier molecular flexibility index (Phi) is 4.63. The number of nitrogens with zero attached hydrogens (tertiary/aromatic N) is 1. The maximum absolute atomic E-state index is 10.9. The van der Waals surface area contributed by atoms with Gasteiger partial charge in [-0.15, -0.1) is 0 Å². The Bertz CT molecular complexity index is 677. The predicted octanol–water partition coefficient (Wildman–Crippen LogP) is 2.80. The highest BCUT2D eigenvalue weighted by Gasteiger charge is 2.26. The number of nitro groups is 1. The van der Waals surface area contributed by atoms with E-state index in [1.54, 1.807) is 38.1 Å². The molecule has 0 saturated heterocycles. The summed E-state index contributed by atoms with van der Waals surface area (Å²) in [6, 6.07) is 8.65. The maximum Gasteiger partial charge on any atom is 0.272 e. The van der Waals surface area contributed by atoms with Gasteiger partial charge < -0.3 is 14.8 Å². The molecule has 6 heteroatoms. The summed E-state index contributed by atoms with van der Waals surface area (Å²) >= 11 is 0. The third-order valence-electron chi connectivity index (χ3n) is 3.54. The van der Waals surface area contributed by atoms with Gasteiger partial charge in [0.15, 0.2) is 0 Å². The van der Waals surface area contributed by atoms with Crippen LogP contribution in [0.25, 0.3) is 0 Å². The highest BCUT2D eigenvalue weighted by molar-refractivity contribution is 5.42. The second kappa shape index (κ2) is 6.29. The zero-order valence-corrected chi connectivity index (χ0v) is 12.9. The highest BCUT2D eigenvalue weighted by Crippen LogP contribution is 2.23. The lowest BCUT2D eigenvalue weighted by molar-refractivity contribution is -0.385. The van der Waals surface area contributed by atoms with Crippen molar-refractivity contribution in [3.05, 3.63) is 63.1 Å². The van der Waals surface area contributed by atoms with E-state index in [4.69, 9.17) is 4.42 Å². The topological polar surface area (TPSA) is 88.5 Å². The molecule has 0 fully saturated rings. The van der Waals surface area contributed by atoms with Gasteiger partial charge in [0.2, 0.25) is 0 Å². The number of aryl methyl sites for hydroxylation is 2. The first kappa shape index (κ1) is 16.2. The Balaban J connectivity index is 1.99. The molecule has 0 spiro atoms. The Labute approximate surface area is 128 Å². The van der Waals surface area contributed by atoms with Crippen LogP contribution in [0.2, 0.25) is 0 Å². The minimum atomic E-state index is -1.13. The lowest BCUT2D eigenvalue weighted by Crippen LogP contribution is -2.34. The average molecular weight is 304 g/mol. The van der Waals surface area contributed by atoms with Gasteiger partial charge in [0.05, 0.1) is 4.92 Å². The zero-order valence-electron chi connectivity index (χ0n) is 12.9. The van der Waals surface area contributed by atoms with Crippen LogP contribution in [-0.4, -0.2) is 16.6 Å². The van der Waals surface area contributed by atoms with Gasteiger partial charge in [-0.1, -0.05) is 12.1 Å². The van der Waals surface area contributed by atoms with Gasteiger partial charge in [-0.3, -0.25) is 10.1 Å². The van der Waals surface area contributed by atoms with E-state index in [1.165, 1.54) is 0 Å². The number of hydrogen-bond acceptors (Lipinski definition) is 5. The van der Waals surface area contributed by atoms with Crippen molar-refractivity contribution in [3.63, 3.8) is 0 Å². The molecule has 1 aromatic carbocycles. The molecular formula is C16H20N2O4. The molecule has 2 aromatic rings. The molecule has 0 amide bonds. The largest absolute Gasteiger partial charge is 0.463 e. The third kappa shape index (κ3) is 3.72. The van der Waals surface area contributed by atoms with E-state index in [9.17, 15) is 15.2 Å². The van der Waals surface area contributed by atoms with E-state index in [0.29, 0.717) is 17.9 Å². The molecular weight excluding hydrogens is 284 g/mol. The van der Waals surface area contributed by atoms with Gasteiger partial charge in [-0.2, -0.15) is 0 Å². The molecule has 6 nitrogen and oxygen atoms in total. The van der Waals surface area contributed by atoms with Gasteiger partial charge in [-0.25, -0.2) is 0 Å². The Hall–Kier alpha value is -2.18. The number of benzene rings is 1. The van der Waals surface area contributed by atoms with Crippen LogP contribution in [0.15, 0.2) is 34.7 Å². The number of nitro benzene ring substituents is 1. The molecule has 0 bridgehead atoms. The van der Waals surface area contributed by atoms with E-state index in [2.05, 4.69) is 5.32 Å². The monoisotopic (exact) mass is 304 g/mol. The van der Waals surface area contributed by atoms with Gasteiger partial charge in [0.25, 0.3) is 5.69 Å². The van der Waals surface area contributed by atoms with E-state index in [-0.39, 0.29) is 17.2 Å². The number of aliphatic hydroxyl groups is 1. The smallest absolute Gasteiger partial charge is 0.272 e. The predicted molar refractivity (Wildman–Crippen MR) is 82.6 cm³/mol. The summed E-state index contributed by atoms with van der Waals surface area (Å²) in [5.74, 6) is 1.23. The normalized spacial score (nSPS) is 13.8. The molecule has 1 atom stereocenters. The van der Waals surface area contributed by atoms with E-state index in [0.717, 1.165) is 11.3 Å². The Morgan fingerprint density at radius 1 is 1.32 bits per heavy atom. The summed E-state index contributed by atoms with van der Waals surface area (Å²) in [5, 5.41) is 24.4. The van der Waals surface area contributed by atoms with Crippen molar-refractivity contribution in [2.45, 2.75) is 32.9 Å². The Morgan fingerprint density at radius 2 is 2.05 bits per heavy atom. The van der Waals surface area contributed by atoms with Gasteiger partial charge in [-0.05, 0) is 38.5 Å². The van der Waals surface area contributed by atoms with Crippen LogP contribution in [0, 0.1) is 24.0 Å².